The Balaban J connectivity index is 1.75. The molecular formula is C22H30N2O6S2. The molecule has 1 fully saturated rings. The molecule has 3 rings (SSSR count). The lowest BCUT2D eigenvalue weighted by molar-refractivity contribution is 0.272. The van der Waals surface area contributed by atoms with Crippen molar-refractivity contribution in [2.75, 3.05) is 40.4 Å². The van der Waals surface area contributed by atoms with Crippen molar-refractivity contribution in [2.45, 2.75) is 36.0 Å². The van der Waals surface area contributed by atoms with E-state index in [0.717, 1.165) is 12.0 Å². The topological polar surface area (TPSA) is 93.2 Å². The van der Waals surface area contributed by atoms with Crippen molar-refractivity contribution in [3.8, 4) is 11.5 Å². The molecule has 1 unspecified atom stereocenters. The number of methoxy groups -OCH3 is 2. The van der Waals surface area contributed by atoms with Gasteiger partial charge in [0.1, 0.15) is 16.4 Å². The van der Waals surface area contributed by atoms with Gasteiger partial charge >= 0.3 is 0 Å². The van der Waals surface area contributed by atoms with Gasteiger partial charge in [-0.05, 0) is 42.2 Å². The fourth-order valence-electron chi connectivity index (χ4n) is 3.63. The fourth-order valence-corrected chi connectivity index (χ4v) is 6.61. The van der Waals surface area contributed by atoms with E-state index >= 15 is 0 Å². The van der Waals surface area contributed by atoms with Crippen LogP contribution < -0.4 is 9.47 Å². The second kappa shape index (κ2) is 9.78. The number of rotatable bonds is 8. The highest BCUT2D eigenvalue weighted by atomic mass is 32.2. The first-order valence-electron chi connectivity index (χ1n) is 10.5. The zero-order chi connectivity index (χ0) is 23.5. The lowest BCUT2D eigenvalue weighted by atomic mass is 9.99. The number of piperazine rings is 1. The molecule has 2 aromatic rings. The Morgan fingerprint density at radius 3 is 1.91 bits per heavy atom. The number of nitrogens with zero attached hydrogens (tertiary/aromatic N) is 2. The molecule has 0 N–H and O–H groups in total. The zero-order valence-electron chi connectivity index (χ0n) is 18.8. The lowest BCUT2D eigenvalue weighted by Gasteiger charge is -2.33. The lowest BCUT2D eigenvalue weighted by Crippen LogP contribution is -2.50. The number of hydrogen-bond acceptors (Lipinski definition) is 6. The van der Waals surface area contributed by atoms with E-state index < -0.39 is 20.0 Å². The quantitative estimate of drug-likeness (QED) is 0.574. The van der Waals surface area contributed by atoms with Crippen LogP contribution in [0.1, 0.15) is 31.7 Å². The van der Waals surface area contributed by atoms with Gasteiger partial charge in [-0.25, -0.2) is 16.8 Å². The maximum atomic E-state index is 13.2. The van der Waals surface area contributed by atoms with Gasteiger partial charge in [-0.3, -0.25) is 0 Å². The number of hydrogen-bond donors (Lipinski definition) is 0. The molecule has 0 amide bonds. The van der Waals surface area contributed by atoms with E-state index in [-0.39, 0.29) is 41.7 Å². The highest BCUT2D eigenvalue weighted by Crippen LogP contribution is 2.31. The van der Waals surface area contributed by atoms with Crippen molar-refractivity contribution in [1.29, 1.82) is 0 Å². The van der Waals surface area contributed by atoms with Gasteiger partial charge in [0, 0.05) is 32.2 Å². The fraction of sp³-hybridized carbons (Fsp3) is 0.455. The van der Waals surface area contributed by atoms with Crippen LogP contribution in [0.25, 0.3) is 0 Å². The summed E-state index contributed by atoms with van der Waals surface area (Å²) < 4.78 is 65.4. The average molecular weight is 483 g/mol. The van der Waals surface area contributed by atoms with Crippen molar-refractivity contribution >= 4 is 20.0 Å². The van der Waals surface area contributed by atoms with Gasteiger partial charge in [0.25, 0.3) is 0 Å². The maximum Gasteiger partial charge on any atom is 0.246 e. The third kappa shape index (κ3) is 4.78. The second-order valence-electron chi connectivity index (χ2n) is 7.70. The summed E-state index contributed by atoms with van der Waals surface area (Å²) in [6.45, 7) is 4.45. The zero-order valence-corrected chi connectivity index (χ0v) is 20.4. The van der Waals surface area contributed by atoms with Gasteiger partial charge in [-0.2, -0.15) is 8.61 Å². The molecule has 1 aliphatic heterocycles. The minimum absolute atomic E-state index is 0.0257. The van der Waals surface area contributed by atoms with Crippen molar-refractivity contribution in [3.05, 3.63) is 48.0 Å². The predicted molar refractivity (Wildman–Crippen MR) is 122 cm³/mol. The van der Waals surface area contributed by atoms with Gasteiger partial charge in [0.05, 0.1) is 19.1 Å². The SMILES string of the molecule is CCC(C)c1ccc(S(=O)(=O)N2CCN(S(=O)(=O)c3ccc(OC)cc3OC)CC2)cc1. The Bertz CT molecular complexity index is 1140. The van der Waals surface area contributed by atoms with E-state index in [1.165, 1.54) is 35.0 Å². The summed E-state index contributed by atoms with van der Waals surface area (Å²) >= 11 is 0. The predicted octanol–water partition coefficient (Wildman–Crippen LogP) is 2.91. The molecule has 2 aromatic carbocycles. The Morgan fingerprint density at radius 2 is 1.41 bits per heavy atom. The minimum atomic E-state index is -3.85. The van der Waals surface area contributed by atoms with Crippen LogP contribution in [0.5, 0.6) is 11.5 Å². The third-order valence-electron chi connectivity index (χ3n) is 5.89. The maximum absolute atomic E-state index is 13.2. The summed E-state index contributed by atoms with van der Waals surface area (Å²) in [6.07, 6.45) is 0.974. The van der Waals surface area contributed by atoms with E-state index in [9.17, 15) is 16.8 Å². The van der Waals surface area contributed by atoms with Gasteiger partial charge in [-0.1, -0.05) is 26.0 Å². The number of benzene rings is 2. The smallest absolute Gasteiger partial charge is 0.246 e. The molecule has 0 aliphatic carbocycles. The normalized spacial score (nSPS) is 17.1. The van der Waals surface area contributed by atoms with Crippen molar-refractivity contribution < 1.29 is 26.3 Å². The Labute approximate surface area is 190 Å². The van der Waals surface area contributed by atoms with Crippen LogP contribution in [0.4, 0.5) is 0 Å². The molecule has 1 saturated heterocycles. The molecule has 176 valence electrons. The molecule has 0 aromatic heterocycles. The first-order chi connectivity index (χ1) is 15.1. The van der Waals surface area contributed by atoms with Crippen LogP contribution in [-0.2, 0) is 20.0 Å². The highest BCUT2D eigenvalue weighted by Gasteiger charge is 2.35. The largest absolute Gasteiger partial charge is 0.497 e. The summed E-state index contributed by atoms with van der Waals surface area (Å²) in [5, 5.41) is 0. The van der Waals surface area contributed by atoms with Crippen molar-refractivity contribution in [1.82, 2.24) is 8.61 Å². The number of ether oxygens (including phenoxy) is 2. The highest BCUT2D eigenvalue weighted by molar-refractivity contribution is 7.89. The van der Waals surface area contributed by atoms with Crippen molar-refractivity contribution in [3.63, 3.8) is 0 Å². The Morgan fingerprint density at radius 1 is 0.844 bits per heavy atom. The summed E-state index contributed by atoms with van der Waals surface area (Å²) in [5.74, 6) is 1.02. The molecule has 1 atom stereocenters. The van der Waals surface area contributed by atoms with Crippen LogP contribution in [0, 0.1) is 0 Å². The Hall–Kier alpha value is -2.14. The summed E-state index contributed by atoms with van der Waals surface area (Å²) in [7, 11) is -4.67. The van der Waals surface area contributed by atoms with Crippen LogP contribution in [0.3, 0.4) is 0 Å². The minimum Gasteiger partial charge on any atom is -0.497 e. The molecular weight excluding hydrogens is 452 g/mol. The van der Waals surface area contributed by atoms with Gasteiger partial charge in [0.15, 0.2) is 0 Å². The van der Waals surface area contributed by atoms with Crippen LogP contribution in [0.2, 0.25) is 0 Å². The van der Waals surface area contributed by atoms with E-state index in [1.54, 1.807) is 18.2 Å². The first kappa shape index (κ1) is 24.5. The van der Waals surface area contributed by atoms with Crippen LogP contribution in [-0.4, -0.2) is 65.8 Å². The molecule has 32 heavy (non-hydrogen) atoms. The average Bonchev–Trinajstić information content (AvgIpc) is 2.83. The van der Waals surface area contributed by atoms with E-state index in [0.29, 0.717) is 11.7 Å². The monoisotopic (exact) mass is 482 g/mol. The molecule has 0 radical (unpaired) electrons. The van der Waals surface area contributed by atoms with Gasteiger partial charge in [-0.15, -0.1) is 0 Å². The summed E-state index contributed by atoms with van der Waals surface area (Å²) in [4.78, 5) is 0.246. The molecule has 10 heteroatoms. The van der Waals surface area contributed by atoms with Gasteiger partial charge in [0.2, 0.25) is 20.0 Å². The molecule has 0 saturated carbocycles. The Kier molecular flexibility index (Phi) is 7.49. The van der Waals surface area contributed by atoms with E-state index in [4.69, 9.17) is 9.47 Å². The molecule has 8 nitrogen and oxygen atoms in total. The molecule has 1 aliphatic rings. The molecule has 0 bridgehead atoms. The second-order valence-corrected chi connectivity index (χ2v) is 11.5. The number of sulfonamides is 2. The molecule has 0 spiro atoms. The van der Waals surface area contributed by atoms with E-state index in [1.807, 2.05) is 12.1 Å². The third-order valence-corrected chi connectivity index (χ3v) is 9.74. The van der Waals surface area contributed by atoms with E-state index in [2.05, 4.69) is 13.8 Å². The summed E-state index contributed by atoms with van der Waals surface area (Å²) in [5.41, 5.74) is 1.09. The standard InChI is InChI=1S/C22H30N2O6S2/c1-5-17(2)18-6-9-20(10-7-18)31(25,26)23-12-14-24(15-13-23)32(27,28)22-11-8-19(29-3)16-21(22)30-4/h6-11,16-17H,5,12-15H2,1-4H3. The van der Waals surface area contributed by atoms with Crippen molar-refractivity contribution in [2.24, 2.45) is 0 Å². The molecule has 1 heterocycles. The summed E-state index contributed by atoms with van der Waals surface area (Å²) in [6, 6.07) is 11.4. The van der Waals surface area contributed by atoms with Crippen LogP contribution in [0.15, 0.2) is 52.3 Å². The van der Waals surface area contributed by atoms with Gasteiger partial charge < -0.3 is 9.47 Å². The van der Waals surface area contributed by atoms with Crippen LogP contribution >= 0.6 is 0 Å². The first-order valence-corrected chi connectivity index (χ1v) is 13.4.